The molecule has 3 aromatic carbocycles. The van der Waals surface area contributed by atoms with Gasteiger partial charge in [0, 0.05) is 0 Å². The summed E-state index contributed by atoms with van der Waals surface area (Å²) in [6.07, 6.45) is 1.42. The summed E-state index contributed by atoms with van der Waals surface area (Å²) in [5.74, 6) is 0.202. The number of amides is 4. The van der Waals surface area contributed by atoms with E-state index in [2.05, 4.69) is 38.2 Å². The summed E-state index contributed by atoms with van der Waals surface area (Å²) >= 11 is 0. The van der Waals surface area contributed by atoms with Crippen LogP contribution < -0.4 is 24.4 Å². The molecule has 202 valence electrons. The maximum Gasteiger partial charge on any atom is 0.335 e. The van der Waals surface area contributed by atoms with Crippen LogP contribution in [0.3, 0.4) is 0 Å². The molecule has 8 heteroatoms. The van der Waals surface area contributed by atoms with Gasteiger partial charge in [-0.05, 0) is 71.5 Å². The molecule has 0 saturated carbocycles. The zero-order valence-corrected chi connectivity index (χ0v) is 22.7. The van der Waals surface area contributed by atoms with E-state index in [-0.39, 0.29) is 17.6 Å². The number of carbonyl (C=O) groups is 3. The van der Waals surface area contributed by atoms with Gasteiger partial charge in [0.2, 0.25) is 0 Å². The second-order valence-corrected chi connectivity index (χ2v) is 10.2. The minimum atomic E-state index is -0.790. The molecule has 0 aliphatic carbocycles. The molecule has 39 heavy (non-hydrogen) atoms. The summed E-state index contributed by atoms with van der Waals surface area (Å²) < 4.78 is 17.1. The number of anilines is 1. The summed E-state index contributed by atoms with van der Waals surface area (Å²) in [4.78, 5) is 39.1. The Balaban J connectivity index is 1.43. The van der Waals surface area contributed by atoms with Crippen LogP contribution in [0.4, 0.5) is 10.5 Å². The third-order valence-electron chi connectivity index (χ3n) is 6.19. The normalized spacial score (nSPS) is 14.8. The molecule has 1 saturated heterocycles. The number of urea groups is 1. The van der Waals surface area contributed by atoms with Crippen molar-refractivity contribution in [3.63, 3.8) is 0 Å². The smallest absolute Gasteiger partial charge is 0.335 e. The Bertz CT molecular complexity index is 1420. The Hall–Kier alpha value is -4.59. The molecule has 0 unspecified atom stereocenters. The van der Waals surface area contributed by atoms with E-state index >= 15 is 0 Å². The molecule has 1 fully saturated rings. The number of imide groups is 2. The highest BCUT2D eigenvalue weighted by atomic mass is 16.5. The number of nitrogens with zero attached hydrogens (tertiary/aromatic N) is 1. The van der Waals surface area contributed by atoms with Gasteiger partial charge in [-0.1, -0.05) is 51.1 Å². The number of rotatable bonds is 8. The first-order valence-corrected chi connectivity index (χ1v) is 12.6. The summed E-state index contributed by atoms with van der Waals surface area (Å²) in [6, 6.07) is 19.2. The number of nitrogens with one attached hydrogen (secondary N) is 1. The van der Waals surface area contributed by atoms with Crippen LogP contribution in [-0.2, 0) is 15.0 Å². The van der Waals surface area contributed by atoms with Crippen LogP contribution in [0.25, 0.3) is 6.08 Å². The molecule has 0 spiro atoms. The number of benzene rings is 3. The maximum atomic E-state index is 13.1. The molecule has 8 nitrogen and oxygen atoms in total. The van der Waals surface area contributed by atoms with E-state index in [4.69, 9.17) is 14.2 Å². The monoisotopic (exact) mass is 528 g/mol. The van der Waals surface area contributed by atoms with Crippen molar-refractivity contribution in [1.29, 1.82) is 0 Å². The number of barbiturate groups is 1. The van der Waals surface area contributed by atoms with Gasteiger partial charge in [0.25, 0.3) is 11.8 Å². The van der Waals surface area contributed by atoms with Crippen LogP contribution in [0, 0.1) is 6.92 Å². The molecular weight excluding hydrogens is 496 g/mol. The fourth-order valence-corrected chi connectivity index (χ4v) is 4.08. The first-order chi connectivity index (χ1) is 18.6. The number of aryl methyl sites for hydroxylation is 1. The summed E-state index contributed by atoms with van der Waals surface area (Å²) in [7, 11) is 1.50. The van der Waals surface area contributed by atoms with E-state index in [1.54, 1.807) is 36.4 Å². The highest BCUT2D eigenvalue weighted by Gasteiger charge is 2.36. The standard InChI is InChI=1S/C31H32N2O6/c1-20-7-6-8-23(17-20)33-29(35)25(28(34)32-30(33)36)18-21-9-14-26(27(19-21)37-5)39-16-15-38-24-12-10-22(11-13-24)31(2,3)4/h6-14,17-19H,15-16H2,1-5H3,(H,32,34,36). The molecule has 1 aliphatic heterocycles. The zero-order chi connectivity index (χ0) is 28.2. The summed E-state index contributed by atoms with van der Waals surface area (Å²) in [5.41, 5.74) is 2.92. The molecule has 0 aromatic heterocycles. The molecule has 0 atom stereocenters. The molecule has 4 amide bonds. The lowest BCUT2D eigenvalue weighted by molar-refractivity contribution is -0.122. The Morgan fingerprint density at radius 1 is 0.872 bits per heavy atom. The van der Waals surface area contributed by atoms with E-state index in [1.165, 1.54) is 18.7 Å². The summed E-state index contributed by atoms with van der Waals surface area (Å²) in [5, 5.41) is 2.24. The van der Waals surface area contributed by atoms with Crippen LogP contribution in [0.5, 0.6) is 17.2 Å². The van der Waals surface area contributed by atoms with Crippen molar-refractivity contribution >= 4 is 29.6 Å². The van der Waals surface area contributed by atoms with Gasteiger partial charge in [-0.15, -0.1) is 0 Å². The van der Waals surface area contributed by atoms with E-state index in [0.717, 1.165) is 16.2 Å². The average Bonchev–Trinajstić information content (AvgIpc) is 2.89. The second-order valence-electron chi connectivity index (χ2n) is 10.2. The lowest BCUT2D eigenvalue weighted by Gasteiger charge is -2.26. The van der Waals surface area contributed by atoms with Crippen molar-refractivity contribution < 1.29 is 28.6 Å². The number of hydrogen-bond acceptors (Lipinski definition) is 6. The van der Waals surface area contributed by atoms with Gasteiger partial charge in [0.05, 0.1) is 12.8 Å². The average molecular weight is 529 g/mol. The van der Waals surface area contributed by atoms with E-state index in [0.29, 0.717) is 29.4 Å². The van der Waals surface area contributed by atoms with Gasteiger partial charge in [-0.25, -0.2) is 9.69 Å². The van der Waals surface area contributed by atoms with E-state index in [9.17, 15) is 14.4 Å². The van der Waals surface area contributed by atoms with Crippen molar-refractivity contribution in [2.75, 3.05) is 25.2 Å². The first kappa shape index (κ1) is 27.4. The molecule has 1 aliphatic rings. The predicted octanol–water partition coefficient (Wildman–Crippen LogP) is 5.43. The van der Waals surface area contributed by atoms with Crippen LogP contribution in [-0.4, -0.2) is 38.2 Å². The maximum absolute atomic E-state index is 13.1. The van der Waals surface area contributed by atoms with Crippen LogP contribution >= 0.6 is 0 Å². The molecule has 1 heterocycles. The molecule has 1 N–H and O–H groups in total. The lowest BCUT2D eigenvalue weighted by atomic mass is 9.87. The van der Waals surface area contributed by atoms with Crippen LogP contribution in [0.15, 0.2) is 72.3 Å². The number of ether oxygens (including phenoxy) is 3. The van der Waals surface area contributed by atoms with Crippen LogP contribution in [0.1, 0.15) is 37.5 Å². The van der Waals surface area contributed by atoms with Crippen molar-refractivity contribution in [3.8, 4) is 17.2 Å². The Labute approximate surface area is 228 Å². The quantitative estimate of drug-likeness (QED) is 0.238. The Morgan fingerprint density at radius 3 is 2.26 bits per heavy atom. The lowest BCUT2D eigenvalue weighted by Crippen LogP contribution is -2.54. The van der Waals surface area contributed by atoms with Crippen LogP contribution in [0.2, 0.25) is 0 Å². The largest absolute Gasteiger partial charge is 0.493 e. The zero-order valence-electron chi connectivity index (χ0n) is 22.7. The summed E-state index contributed by atoms with van der Waals surface area (Å²) in [6.45, 7) is 8.95. The van der Waals surface area contributed by atoms with Crippen molar-refractivity contribution in [2.24, 2.45) is 0 Å². The third-order valence-corrected chi connectivity index (χ3v) is 6.19. The molecular formula is C31H32N2O6. The van der Waals surface area contributed by atoms with Gasteiger partial charge in [0.15, 0.2) is 11.5 Å². The number of hydrogen-bond donors (Lipinski definition) is 1. The number of carbonyl (C=O) groups excluding carboxylic acids is 3. The minimum Gasteiger partial charge on any atom is -0.493 e. The number of methoxy groups -OCH3 is 1. The van der Waals surface area contributed by atoms with Crippen molar-refractivity contribution in [2.45, 2.75) is 33.1 Å². The topological polar surface area (TPSA) is 94.2 Å². The van der Waals surface area contributed by atoms with Gasteiger partial charge in [-0.2, -0.15) is 0 Å². The second kappa shape index (κ2) is 11.4. The van der Waals surface area contributed by atoms with Gasteiger partial charge < -0.3 is 14.2 Å². The molecule has 0 bridgehead atoms. The molecule has 0 radical (unpaired) electrons. The highest BCUT2D eigenvalue weighted by molar-refractivity contribution is 6.39. The van der Waals surface area contributed by atoms with Crippen molar-refractivity contribution in [1.82, 2.24) is 5.32 Å². The Kier molecular flexibility index (Phi) is 8.04. The SMILES string of the molecule is COc1cc(C=C2C(=O)NC(=O)N(c3cccc(C)c3)C2=O)ccc1OCCOc1ccc(C(C)(C)C)cc1. The van der Waals surface area contributed by atoms with E-state index < -0.39 is 17.8 Å². The first-order valence-electron chi connectivity index (χ1n) is 12.6. The molecule has 3 aromatic rings. The third kappa shape index (κ3) is 6.46. The Morgan fingerprint density at radius 2 is 1.59 bits per heavy atom. The van der Waals surface area contributed by atoms with Gasteiger partial charge in [-0.3, -0.25) is 14.9 Å². The predicted molar refractivity (Wildman–Crippen MR) is 149 cm³/mol. The van der Waals surface area contributed by atoms with Crippen molar-refractivity contribution in [3.05, 3.63) is 89.0 Å². The minimum absolute atomic E-state index is 0.0756. The van der Waals surface area contributed by atoms with E-state index in [1.807, 2.05) is 25.1 Å². The van der Waals surface area contributed by atoms with Gasteiger partial charge >= 0.3 is 6.03 Å². The van der Waals surface area contributed by atoms with Gasteiger partial charge in [0.1, 0.15) is 24.5 Å². The fourth-order valence-electron chi connectivity index (χ4n) is 4.08. The highest BCUT2D eigenvalue weighted by Crippen LogP contribution is 2.30. The molecule has 4 rings (SSSR count). The fraction of sp³-hybridized carbons (Fsp3) is 0.258.